The van der Waals surface area contributed by atoms with Gasteiger partial charge in [-0.05, 0) is 42.8 Å². The molecule has 2 aromatic carbocycles. The van der Waals surface area contributed by atoms with Gasteiger partial charge < -0.3 is 15.4 Å². The highest BCUT2D eigenvalue weighted by molar-refractivity contribution is 5.92. The largest absolute Gasteiger partial charge is 0.489 e. The number of carbonyl (C=O) groups excluding carboxylic acids is 1. The predicted octanol–water partition coefficient (Wildman–Crippen LogP) is 2.81. The van der Waals surface area contributed by atoms with Crippen LogP contribution in [0.1, 0.15) is 12.0 Å². The molecule has 4 heteroatoms. The van der Waals surface area contributed by atoms with Crippen LogP contribution in [0.2, 0.25) is 0 Å². The van der Waals surface area contributed by atoms with Crippen LogP contribution in [0.5, 0.6) is 5.75 Å². The van der Waals surface area contributed by atoms with E-state index in [2.05, 4.69) is 10.6 Å². The first kappa shape index (κ1) is 14.6. The Morgan fingerprint density at radius 2 is 1.91 bits per heavy atom. The van der Waals surface area contributed by atoms with Gasteiger partial charge in [-0.1, -0.05) is 30.3 Å². The Labute approximate surface area is 130 Å². The Hall–Kier alpha value is -2.33. The molecule has 2 aromatic rings. The van der Waals surface area contributed by atoms with Crippen LogP contribution >= 0.6 is 0 Å². The van der Waals surface area contributed by atoms with Crippen LogP contribution in [0, 0.1) is 5.92 Å². The minimum atomic E-state index is 0.0778. The smallest absolute Gasteiger partial charge is 0.228 e. The van der Waals surface area contributed by atoms with Gasteiger partial charge in [0.2, 0.25) is 5.91 Å². The van der Waals surface area contributed by atoms with Crippen LogP contribution < -0.4 is 15.4 Å². The SMILES string of the molecule is O=C(Nc1ccc(OCc2ccccc2)cc1)C1CCNC1. The van der Waals surface area contributed by atoms with Gasteiger partial charge in [0.1, 0.15) is 12.4 Å². The van der Waals surface area contributed by atoms with E-state index >= 15 is 0 Å². The van der Waals surface area contributed by atoms with E-state index in [0.717, 1.165) is 36.5 Å². The maximum atomic E-state index is 12.0. The second kappa shape index (κ2) is 7.09. The van der Waals surface area contributed by atoms with Crippen LogP contribution in [-0.2, 0) is 11.4 Å². The van der Waals surface area contributed by atoms with Gasteiger partial charge in [-0.2, -0.15) is 0 Å². The summed E-state index contributed by atoms with van der Waals surface area (Å²) in [6.07, 6.45) is 0.907. The Morgan fingerprint density at radius 3 is 2.59 bits per heavy atom. The number of ether oxygens (including phenoxy) is 1. The quantitative estimate of drug-likeness (QED) is 0.892. The summed E-state index contributed by atoms with van der Waals surface area (Å²) in [5.74, 6) is 0.960. The van der Waals surface area contributed by atoms with E-state index in [-0.39, 0.29) is 11.8 Å². The molecule has 0 aromatic heterocycles. The molecule has 1 saturated heterocycles. The second-order valence-electron chi connectivity index (χ2n) is 5.48. The lowest BCUT2D eigenvalue weighted by atomic mass is 10.1. The van der Waals surface area contributed by atoms with Gasteiger partial charge >= 0.3 is 0 Å². The van der Waals surface area contributed by atoms with Crippen molar-refractivity contribution < 1.29 is 9.53 Å². The van der Waals surface area contributed by atoms with Crippen LogP contribution in [-0.4, -0.2) is 19.0 Å². The van der Waals surface area contributed by atoms with Crippen molar-refractivity contribution in [2.45, 2.75) is 13.0 Å². The molecule has 1 aliphatic rings. The summed E-state index contributed by atoms with van der Waals surface area (Å²) in [6.45, 7) is 2.23. The monoisotopic (exact) mass is 296 g/mol. The van der Waals surface area contributed by atoms with Gasteiger partial charge in [0, 0.05) is 12.2 Å². The first-order chi connectivity index (χ1) is 10.8. The summed E-state index contributed by atoms with van der Waals surface area (Å²) < 4.78 is 5.73. The van der Waals surface area contributed by atoms with Crippen LogP contribution in [0.4, 0.5) is 5.69 Å². The topological polar surface area (TPSA) is 50.4 Å². The standard InChI is InChI=1S/C18H20N2O2/c21-18(15-10-11-19-12-15)20-16-6-8-17(9-7-16)22-13-14-4-2-1-3-5-14/h1-9,15,19H,10-13H2,(H,20,21). The predicted molar refractivity (Wildman–Crippen MR) is 86.8 cm³/mol. The van der Waals surface area contributed by atoms with Gasteiger partial charge in [-0.3, -0.25) is 4.79 Å². The average molecular weight is 296 g/mol. The molecule has 0 spiro atoms. The van der Waals surface area contributed by atoms with Crippen molar-refractivity contribution in [3.8, 4) is 5.75 Å². The normalized spacial score (nSPS) is 17.2. The number of nitrogens with one attached hydrogen (secondary N) is 2. The lowest BCUT2D eigenvalue weighted by molar-refractivity contribution is -0.119. The molecule has 1 amide bonds. The zero-order valence-electron chi connectivity index (χ0n) is 12.4. The van der Waals surface area contributed by atoms with Crippen LogP contribution in [0.25, 0.3) is 0 Å². The van der Waals surface area contributed by atoms with E-state index in [9.17, 15) is 4.79 Å². The number of hydrogen-bond donors (Lipinski definition) is 2. The van der Waals surface area contributed by atoms with Crippen molar-refractivity contribution in [1.82, 2.24) is 5.32 Å². The van der Waals surface area contributed by atoms with Gasteiger partial charge in [0.25, 0.3) is 0 Å². The number of amides is 1. The zero-order chi connectivity index (χ0) is 15.2. The molecular weight excluding hydrogens is 276 g/mol. The first-order valence-corrected chi connectivity index (χ1v) is 7.59. The Balaban J connectivity index is 1.52. The molecule has 22 heavy (non-hydrogen) atoms. The van der Waals surface area contributed by atoms with Crippen molar-refractivity contribution in [1.29, 1.82) is 0 Å². The summed E-state index contributed by atoms with van der Waals surface area (Å²) in [6, 6.07) is 17.6. The maximum absolute atomic E-state index is 12.0. The van der Waals surface area contributed by atoms with Gasteiger partial charge in [-0.25, -0.2) is 0 Å². The molecule has 0 aliphatic carbocycles. The molecule has 1 atom stereocenters. The van der Waals surface area contributed by atoms with E-state index in [0.29, 0.717) is 6.61 Å². The van der Waals surface area contributed by atoms with Crippen molar-refractivity contribution in [3.05, 3.63) is 60.2 Å². The number of carbonyl (C=O) groups is 1. The molecule has 1 unspecified atom stereocenters. The summed E-state index contributed by atoms with van der Waals surface area (Å²) in [5.41, 5.74) is 1.94. The second-order valence-corrected chi connectivity index (χ2v) is 5.48. The minimum Gasteiger partial charge on any atom is -0.489 e. The molecule has 0 radical (unpaired) electrons. The average Bonchev–Trinajstić information content (AvgIpc) is 3.10. The van der Waals surface area contributed by atoms with Crippen molar-refractivity contribution in [2.75, 3.05) is 18.4 Å². The lowest BCUT2D eigenvalue weighted by Crippen LogP contribution is -2.24. The summed E-state index contributed by atoms with van der Waals surface area (Å²) in [5, 5.41) is 6.15. The highest BCUT2D eigenvalue weighted by atomic mass is 16.5. The van der Waals surface area contributed by atoms with Gasteiger partial charge in [0.15, 0.2) is 0 Å². The third-order valence-electron chi connectivity index (χ3n) is 3.80. The van der Waals surface area contributed by atoms with E-state index < -0.39 is 0 Å². The van der Waals surface area contributed by atoms with Crippen molar-refractivity contribution in [2.24, 2.45) is 5.92 Å². The Morgan fingerprint density at radius 1 is 1.14 bits per heavy atom. The summed E-state index contributed by atoms with van der Waals surface area (Å²) in [4.78, 5) is 12.0. The molecule has 1 fully saturated rings. The molecule has 2 N–H and O–H groups in total. The number of anilines is 1. The number of rotatable bonds is 5. The molecule has 4 nitrogen and oxygen atoms in total. The molecule has 0 saturated carbocycles. The van der Waals surface area contributed by atoms with Crippen LogP contribution in [0.3, 0.4) is 0 Å². The fourth-order valence-electron chi connectivity index (χ4n) is 2.50. The fraction of sp³-hybridized carbons (Fsp3) is 0.278. The van der Waals surface area contributed by atoms with E-state index in [1.807, 2.05) is 54.6 Å². The molecule has 1 aliphatic heterocycles. The van der Waals surface area contributed by atoms with E-state index in [1.165, 1.54) is 0 Å². The first-order valence-electron chi connectivity index (χ1n) is 7.59. The van der Waals surface area contributed by atoms with Gasteiger partial charge in [0.05, 0.1) is 5.92 Å². The lowest BCUT2D eigenvalue weighted by Gasteiger charge is -2.11. The van der Waals surface area contributed by atoms with E-state index in [1.54, 1.807) is 0 Å². The van der Waals surface area contributed by atoms with Gasteiger partial charge in [-0.15, -0.1) is 0 Å². The molecule has 114 valence electrons. The minimum absolute atomic E-state index is 0.0778. The maximum Gasteiger partial charge on any atom is 0.228 e. The summed E-state index contributed by atoms with van der Waals surface area (Å²) >= 11 is 0. The van der Waals surface area contributed by atoms with Crippen LogP contribution in [0.15, 0.2) is 54.6 Å². The third kappa shape index (κ3) is 3.86. The highest BCUT2D eigenvalue weighted by Gasteiger charge is 2.22. The van der Waals surface area contributed by atoms with Crippen molar-refractivity contribution in [3.63, 3.8) is 0 Å². The molecule has 0 bridgehead atoms. The Bertz CT molecular complexity index is 605. The summed E-state index contributed by atoms with van der Waals surface area (Å²) in [7, 11) is 0. The Kier molecular flexibility index (Phi) is 4.71. The molecular formula is C18H20N2O2. The third-order valence-corrected chi connectivity index (χ3v) is 3.80. The number of hydrogen-bond acceptors (Lipinski definition) is 3. The van der Waals surface area contributed by atoms with E-state index in [4.69, 9.17) is 4.74 Å². The fourth-order valence-corrected chi connectivity index (χ4v) is 2.50. The zero-order valence-corrected chi connectivity index (χ0v) is 12.4. The number of benzene rings is 2. The highest BCUT2D eigenvalue weighted by Crippen LogP contribution is 2.18. The molecule has 3 rings (SSSR count). The van der Waals surface area contributed by atoms with Crippen molar-refractivity contribution >= 4 is 11.6 Å². The molecule has 1 heterocycles.